The maximum Gasteiger partial charge on any atom is 1.00 e. The average molecular weight is 1350 g/mol. The Morgan fingerprint density at radius 2 is 0.909 bits per heavy atom. The molecule has 0 aliphatic heterocycles. The molecule has 0 aliphatic rings. The molecule has 7 N–H and O–H groups in total. The van der Waals surface area contributed by atoms with Crippen LogP contribution < -0.4 is 75.1 Å². The van der Waals surface area contributed by atoms with E-state index < -0.39 is 85.8 Å². The molecule has 3 aromatic heterocycles. The summed E-state index contributed by atoms with van der Waals surface area (Å²) < 4.78 is 109. The Morgan fingerprint density at radius 1 is 0.623 bits per heavy atom. The number of nitrogens with zero attached hydrogens (tertiary/aromatic N) is 3. The Bertz CT molecular complexity index is 2380. The Hall–Kier alpha value is -1.58. The van der Waals surface area contributed by atoms with Gasteiger partial charge in [-0.15, -0.1) is 5.92 Å². The zero-order chi connectivity index (χ0) is 56.9. The summed E-state index contributed by atoms with van der Waals surface area (Å²) in [6, 6.07) is 3.38. The molecule has 0 radical (unpaired) electrons. The van der Waals surface area contributed by atoms with Gasteiger partial charge in [0.05, 0.1) is 68.4 Å². The van der Waals surface area contributed by atoms with E-state index in [0.717, 1.165) is 75.7 Å². The van der Waals surface area contributed by atoms with Crippen molar-refractivity contribution < 1.29 is 138 Å². The third kappa shape index (κ3) is 35.8. The van der Waals surface area contributed by atoms with Crippen LogP contribution in [0.3, 0.4) is 0 Å². The summed E-state index contributed by atoms with van der Waals surface area (Å²) in [5, 5.41) is 17.4. The van der Waals surface area contributed by atoms with Crippen molar-refractivity contribution in [3.8, 4) is 0 Å². The molecular weight excluding hydrogens is 1280 g/mol. The van der Waals surface area contributed by atoms with Gasteiger partial charge in [-0.1, -0.05) is 98.8 Å². The summed E-state index contributed by atoms with van der Waals surface area (Å²) in [5.74, 6) is -3.18. The summed E-state index contributed by atoms with van der Waals surface area (Å²) in [4.78, 5) is 57.9. The molecule has 0 fully saturated rings. The second kappa shape index (κ2) is 41.4. The molecule has 3 rings (SSSR count). The van der Waals surface area contributed by atoms with Crippen LogP contribution in [-0.2, 0) is 34.0 Å². The minimum absolute atomic E-state index is 0. The van der Waals surface area contributed by atoms with E-state index in [1.807, 2.05) is 34.0 Å². The molecule has 1 unspecified atom stereocenters. The average Bonchev–Trinajstić information content (AvgIpc) is 3.31. The van der Waals surface area contributed by atoms with Crippen molar-refractivity contribution in [1.29, 1.82) is 0 Å². The first kappa shape index (κ1) is 81.9. The second-order valence-electron chi connectivity index (χ2n) is 17.7. The fraction of sp³-hybridized carbons (Fsp3) is 0.596. The SMILES string of the molecule is CCCCC([C-]=O)CC.CCCC[C@](C)(CO)NC(=O)c1ncc(F)cc1Br.CCCC[C@](C)(COS(=O)(=O)O)NC(=O)c1ncc(F)cc1Br.CCCC[C@](C)(COS(=O)(=O)O)NC(=O)c1ncc(F)cc1Br.[H-].[Na+].[Na+].[OH-]. The van der Waals surface area contributed by atoms with E-state index in [0.29, 0.717) is 36.6 Å². The smallest absolute Gasteiger partial charge is 1.00 e. The van der Waals surface area contributed by atoms with Crippen LogP contribution in [0, 0.1) is 23.4 Å². The molecule has 30 heteroatoms. The van der Waals surface area contributed by atoms with Gasteiger partial charge in [-0.25, -0.2) is 36.5 Å². The van der Waals surface area contributed by atoms with E-state index in [1.54, 1.807) is 20.8 Å². The number of nitrogens with one attached hydrogen (secondary N) is 3. The Kier molecular flexibility index (Phi) is 44.0. The van der Waals surface area contributed by atoms with Gasteiger partial charge >= 0.3 is 79.9 Å². The van der Waals surface area contributed by atoms with Gasteiger partial charge in [-0.3, -0.25) is 29.8 Å². The number of rotatable bonds is 27. The van der Waals surface area contributed by atoms with Crippen LogP contribution in [-0.4, -0.2) is 112 Å². The summed E-state index contributed by atoms with van der Waals surface area (Å²) in [7, 11) is -9.24. The summed E-state index contributed by atoms with van der Waals surface area (Å²) in [5.41, 5.74) is -2.75. The largest absolute Gasteiger partial charge is 1.00 e. The molecule has 0 saturated heterocycles. The third-order valence-electron chi connectivity index (χ3n) is 10.5. The van der Waals surface area contributed by atoms with Gasteiger partial charge in [0.15, 0.2) is 0 Å². The maximum absolute atomic E-state index is 13.0. The monoisotopic (exact) mass is 1350 g/mol. The molecule has 430 valence electrons. The van der Waals surface area contributed by atoms with E-state index in [9.17, 15) is 54.3 Å². The number of carbonyl (C=O) groups excluding carboxylic acids is 4. The van der Waals surface area contributed by atoms with Gasteiger partial charge in [-0.05, 0) is 106 Å². The number of aliphatic hydroxyl groups is 1. The van der Waals surface area contributed by atoms with E-state index in [-0.39, 0.29) is 105 Å². The molecule has 0 aromatic carbocycles. The number of halogens is 6. The van der Waals surface area contributed by atoms with Crippen LogP contribution in [0.1, 0.15) is 172 Å². The van der Waals surface area contributed by atoms with E-state index in [2.05, 4.69) is 94.0 Å². The van der Waals surface area contributed by atoms with Crippen LogP contribution in [0.15, 0.2) is 50.2 Å². The first-order valence-corrected chi connectivity index (χ1v) is 28.6. The molecule has 0 saturated carbocycles. The van der Waals surface area contributed by atoms with Gasteiger partial charge in [0, 0.05) is 0 Å². The second-order valence-corrected chi connectivity index (χ2v) is 22.5. The number of aromatic nitrogens is 3. The molecule has 0 spiro atoms. The number of pyridine rings is 3. The number of amides is 3. The Labute approximate surface area is 522 Å². The van der Waals surface area contributed by atoms with Gasteiger partial charge in [0.2, 0.25) is 0 Å². The number of carbonyl (C=O) groups is 3. The van der Waals surface area contributed by atoms with Crippen LogP contribution in [0.4, 0.5) is 13.2 Å². The minimum atomic E-state index is -4.62. The predicted octanol–water partition coefficient (Wildman–Crippen LogP) is 3.87. The summed E-state index contributed by atoms with van der Waals surface area (Å²) >= 11 is 9.20. The van der Waals surface area contributed by atoms with Crippen molar-refractivity contribution in [3.05, 3.63) is 84.7 Å². The van der Waals surface area contributed by atoms with Crippen molar-refractivity contribution >= 4 is 92.6 Å². The molecule has 20 nitrogen and oxygen atoms in total. The van der Waals surface area contributed by atoms with Crippen molar-refractivity contribution in [1.82, 2.24) is 30.9 Å². The molecule has 4 atom stereocenters. The van der Waals surface area contributed by atoms with Crippen molar-refractivity contribution in [3.63, 3.8) is 0 Å². The molecule has 3 aromatic rings. The third-order valence-corrected chi connectivity index (χ3v) is 13.2. The number of unbranched alkanes of at least 4 members (excludes halogenated alkanes) is 4. The van der Waals surface area contributed by atoms with Crippen LogP contribution in [0.25, 0.3) is 0 Å². The maximum atomic E-state index is 13.0. The van der Waals surface area contributed by atoms with E-state index in [4.69, 9.17) is 9.11 Å². The molecule has 3 heterocycles. The van der Waals surface area contributed by atoms with Crippen molar-refractivity contribution in [2.45, 2.75) is 155 Å². The normalized spacial score (nSPS) is 13.5. The first-order chi connectivity index (χ1) is 34.4. The molecule has 77 heavy (non-hydrogen) atoms. The summed E-state index contributed by atoms with van der Waals surface area (Å²) in [6.45, 7) is 14.0. The minimum Gasteiger partial charge on any atom is -1.00 e. The van der Waals surface area contributed by atoms with Gasteiger partial charge in [-0.2, -0.15) is 16.8 Å². The van der Waals surface area contributed by atoms with Gasteiger partial charge < -0.3 is 32.8 Å². The zero-order valence-corrected chi connectivity index (χ0v) is 55.5. The fourth-order valence-corrected chi connectivity index (χ4v) is 8.50. The summed E-state index contributed by atoms with van der Waals surface area (Å²) in [6.07, 6.45) is 15.5. The van der Waals surface area contributed by atoms with Crippen LogP contribution >= 0.6 is 47.8 Å². The molecule has 3 amide bonds. The topological polar surface area (TPSA) is 320 Å². The van der Waals surface area contributed by atoms with E-state index in [1.165, 1.54) is 12.5 Å². The Morgan fingerprint density at radius 3 is 1.14 bits per heavy atom. The quantitative estimate of drug-likeness (QED) is 0.0358. The van der Waals surface area contributed by atoms with Crippen LogP contribution in [0.5, 0.6) is 0 Å². The number of hydrogen-bond donors (Lipinski definition) is 6. The van der Waals surface area contributed by atoms with Crippen molar-refractivity contribution in [2.75, 3.05) is 19.8 Å². The Balaban J connectivity index is -0.000000310. The van der Waals surface area contributed by atoms with Gasteiger partial charge in [0.1, 0.15) is 34.5 Å². The van der Waals surface area contributed by atoms with Crippen molar-refractivity contribution in [2.24, 2.45) is 5.92 Å². The standard InChI is InChI=1S/2C13H18BrFN2O5S.C13H18BrFN2O2.C8H15O.2Na.H2O.H/c2*1-3-4-5-13(2,8-22-23(19,20)21)17-12(18)11-10(14)6-9(15)7-16-11;1-3-4-5-13(2,8-18)17-12(19)11-10(14)6-9(15)7-16-11;1-3-5-6-8(4-2)7-9;;;;/h2*6-7H,3-5,8H2,1-2H3,(H,17,18)(H,19,20,21);6-7,18H,3-5,8H2,1-2H3,(H,17,19);8H,3-6H2,1-2H3;;;1H2;/q;;;-1;2*+1;;-1/p-1/t3*13-;;;;;/m111...../s1. The van der Waals surface area contributed by atoms with Crippen LogP contribution in [0.2, 0.25) is 0 Å². The molecule has 0 bridgehead atoms. The number of aliphatic hydroxyl groups excluding tert-OH is 1. The van der Waals surface area contributed by atoms with E-state index >= 15 is 0 Å². The fourth-order valence-electron chi connectivity index (χ4n) is 6.17. The zero-order valence-electron chi connectivity index (χ0n) is 46.2. The molecule has 0 aliphatic carbocycles. The predicted molar refractivity (Wildman–Crippen MR) is 286 cm³/mol. The molecular formula is C47H71Br3F3N6Na2O14S2-. The number of hydrogen-bond acceptors (Lipinski definition) is 15. The first-order valence-electron chi connectivity index (χ1n) is 23.5. The van der Waals surface area contributed by atoms with Gasteiger partial charge in [0.25, 0.3) is 17.7 Å².